The number of carbonyl (C=O) groups excluding carboxylic acids is 2. The zero-order valence-electron chi connectivity index (χ0n) is 12.8. The van der Waals surface area contributed by atoms with E-state index < -0.39 is 0 Å². The third-order valence-corrected chi connectivity index (χ3v) is 4.73. The number of carbonyl (C=O) groups is 2. The molecule has 2 aromatic carbocycles. The maximum Gasteiger partial charge on any atom is 0.229 e. The minimum Gasteiger partial charge on any atom is -0.338 e. The molecule has 3 rings (SSSR count). The number of anilines is 1. The van der Waals surface area contributed by atoms with Crippen molar-refractivity contribution in [3.8, 4) is 0 Å². The molecular weight excluding hydrogens is 347 g/mol. The Labute approximate surface area is 150 Å². The van der Waals surface area contributed by atoms with Crippen molar-refractivity contribution in [1.82, 2.24) is 4.90 Å². The van der Waals surface area contributed by atoms with E-state index in [1.807, 2.05) is 30.3 Å². The monoisotopic (exact) mass is 362 g/mol. The van der Waals surface area contributed by atoms with Crippen molar-refractivity contribution in [3.05, 3.63) is 64.1 Å². The number of nitrogens with one attached hydrogen (secondary N) is 1. The second-order valence-corrected chi connectivity index (χ2v) is 6.59. The lowest BCUT2D eigenvalue weighted by Crippen LogP contribution is -2.28. The minimum absolute atomic E-state index is 0.00635. The van der Waals surface area contributed by atoms with Gasteiger partial charge >= 0.3 is 0 Å². The predicted octanol–water partition coefficient (Wildman–Crippen LogP) is 3.98. The van der Waals surface area contributed by atoms with Gasteiger partial charge in [0.05, 0.1) is 16.0 Å². The molecule has 0 saturated carbocycles. The van der Waals surface area contributed by atoms with E-state index in [2.05, 4.69) is 5.32 Å². The van der Waals surface area contributed by atoms with E-state index in [0.717, 1.165) is 5.56 Å². The quantitative estimate of drug-likeness (QED) is 0.893. The molecule has 1 aliphatic rings. The van der Waals surface area contributed by atoms with E-state index in [-0.39, 0.29) is 24.2 Å². The van der Waals surface area contributed by atoms with Crippen LogP contribution in [0.5, 0.6) is 0 Å². The van der Waals surface area contributed by atoms with E-state index in [0.29, 0.717) is 28.8 Å². The summed E-state index contributed by atoms with van der Waals surface area (Å²) in [4.78, 5) is 26.3. The topological polar surface area (TPSA) is 49.4 Å². The van der Waals surface area contributed by atoms with Crippen LogP contribution in [0, 0.1) is 5.92 Å². The smallest absolute Gasteiger partial charge is 0.229 e. The number of halogens is 2. The molecule has 24 heavy (non-hydrogen) atoms. The van der Waals surface area contributed by atoms with Crippen molar-refractivity contribution >= 4 is 40.7 Å². The van der Waals surface area contributed by atoms with E-state index in [9.17, 15) is 9.59 Å². The number of rotatable bonds is 4. The van der Waals surface area contributed by atoms with Crippen LogP contribution in [0.25, 0.3) is 0 Å². The first kappa shape index (κ1) is 16.8. The lowest BCUT2D eigenvalue weighted by molar-refractivity contribution is -0.128. The summed E-state index contributed by atoms with van der Waals surface area (Å²) in [6.45, 7) is 0.942. The van der Waals surface area contributed by atoms with Crippen molar-refractivity contribution in [3.63, 3.8) is 0 Å². The Hall–Kier alpha value is -2.04. The first-order chi connectivity index (χ1) is 11.5. The average molecular weight is 363 g/mol. The van der Waals surface area contributed by atoms with Crippen molar-refractivity contribution in [2.45, 2.75) is 13.0 Å². The molecular formula is C18H16Cl2N2O2. The second kappa shape index (κ2) is 7.24. The Morgan fingerprint density at radius 3 is 2.58 bits per heavy atom. The molecule has 1 saturated heterocycles. The average Bonchev–Trinajstić information content (AvgIpc) is 2.93. The van der Waals surface area contributed by atoms with E-state index in [4.69, 9.17) is 23.2 Å². The van der Waals surface area contributed by atoms with E-state index >= 15 is 0 Å². The summed E-state index contributed by atoms with van der Waals surface area (Å²) in [6.07, 6.45) is 0.222. The predicted molar refractivity (Wildman–Crippen MR) is 95.1 cm³/mol. The summed E-state index contributed by atoms with van der Waals surface area (Å²) in [5.41, 5.74) is 1.62. The third-order valence-electron chi connectivity index (χ3n) is 3.99. The molecule has 1 atom stereocenters. The molecule has 1 aliphatic heterocycles. The maximum atomic E-state index is 12.4. The van der Waals surface area contributed by atoms with Gasteiger partial charge in [-0.05, 0) is 23.8 Å². The Balaban J connectivity index is 1.62. The summed E-state index contributed by atoms with van der Waals surface area (Å²) in [5, 5.41) is 3.60. The van der Waals surface area contributed by atoms with E-state index in [1.165, 1.54) is 0 Å². The first-order valence-corrected chi connectivity index (χ1v) is 8.36. The lowest BCUT2D eigenvalue weighted by Gasteiger charge is -2.16. The lowest BCUT2D eigenvalue weighted by atomic mass is 10.1. The van der Waals surface area contributed by atoms with Crippen LogP contribution in [-0.2, 0) is 16.1 Å². The highest BCUT2D eigenvalue weighted by Gasteiger charge is 2.34. The zero-order valence-corrected chi connectivity index (χ0v) is 14.3. The molecule has 2 aromatic rings. The van der Waals surface area contributed by atoms with Gasteiger partial charge in [0.2, 0.25) is 11.8 Å². The van der Waals surface area contributed by atoms with Gasteiger partial charge < -0.3 is 10.2 Å². The molecule has 6 heteroatoms. The summed E-state index contributed by atoms with van der Waals surface area (Å²) in [7, 11) is 0. The molecule has 2 amide bonds. The van der Waals surface area contributed by atoms with Gasteiger partial charge in [0, 0.05) is 25.2 Å². The Bertz CT molecular complexity index is 765. The molecule has 0 bridgehead atoms. The number of benzene rings is 2. The van der Waals surface area contributed by atoms with Gasteiger partial charge in [0.1, 0.15) is 0 Å². The van der Waals surface area contributed by atoms with Crippen LogP contribution in [0.3, 0.4) is 0 Å². The van der Waals surface area contributed by atoms with Crippen molar-refractivity contribution in [2.75, 3.05) is 11.9 Å². The minimum atomic E-state index is -0.365. The van der Waals surface area contributed by atoms with Gasteiger partial charge in [-0.2, -0.15) is 0 Å². The van der Waals surface area contributed by atoms with Crippen molar-refractivity contribution in [1.29, 1.82) is 0 Å². The van der Waals surface area contributed by atoms with Crippen LogP contribution in [-0.4, -0.2) is 23.3 Å². The highest BCUT2D eigenvalue weighted by Crippen LogP contribution is 2.26. The Kier molecular flexibility index (Phi) is 5.07. The largest absolute Gasteiger partial charge is 0.338 e. The van der Waals surface area contributed by atoms with Crippen LogP contribution in [0.2, 0.25) is 10.0 Å². The molecule has 124 valence electrons. The van der Waals surface area contributed by atoms with Crippen LogP contribution in [0.15, 0.2) is 48.5 Å². The Morgan fingerprint density at radius 1 is 1.12 bits per heavy atom. The fraction of sp³-hybridized carbons (Fsp3) is 0.222. The SMILES string of the molecule is O=C(Nc1ccc(Cl)c(Cl)c1)[C@H]1CC(=O)N(Cc2ccccc2)C1. The van der Waals surface area contributed by atoms with Crippen LogP contribution in [0.4, 0.5) is 5.69 Å². The number of hydrogen-bond donors (Lipinski definition) is 1. The standard InChI is InChI=1S/C18H16Cl2N2O2/c19-15-7-6-14(9-16(15)20)21-18(24)13-8-17(23)22(11-13)10-12-4-2-1-3-5-12/h1-7,9,13H,8,10-11H2,(H,21,24)/t13-/m0/s1. The molecule has 4 nitrogen and oxygen atoms in total. The molecule has 0 unspecified atom stereocenters. The number of likely N-dealkylation sites (tertiary alicyclic amines) is 1. The van der Waals surface area contributed by atoms with Gasteiger partial charge in [-0.15, -0.1) is 0 Å². The Morgan fingerprint density at radius 2 is 1.88 bits per heavy atom. The highest BCUT2D eigenvalue weighted by molar-refractivity contribution is 6.42. The van der Waals surface area contributed by atoms with Crippen LogP contribution in [0.1, 0.15) is 12.0 Å². The number of nitrogens with zero attached hydrogens (tertiary/aromatic N) is 1. The van der Waals surface area contributed by atoms with Crippen LogP contribution < -0.4 is 5.32 Å². The molecule has 1 heterocycles. The van der Waals surface area contributed by atoms with Crippen LogP contribution >= 0.6 is 23.2 Å². The molecule has 0 aromatic heterocycles. The van der Waals surface area contributed by atoms with Gasteiger partial charge in [-0.3, -0.25) is 9.59 Å². The second-order valence-electron chi connectivity index (χ2n) is 5.78. The summed E-state index contributed by atoms with van der Waals surface area (Å²) in [5.74, 6) is -0.555. The molecule has 1 fully saturated rings. The fourth-order valence-electron chi connectivity index (χ4n) is 2.72. The maximum absolute atomic E-state index is 12.4. The molecule has 0 spiro atoms. The van der Waals surface area contributed by atoms with Gasteiger partial charge in [0.15, 0.2) is 0 Å². The summed E-state index contributed by atoms with van der Waals surface area (Å²) in [6, 6.07) is 14.6. The molecule has 0 aliphatic carbocycles. The van der Waals surface area contributed by atoms with Crippen molar-refractivity contribution in [2.24, 2.45) is 5.92 Å². The normalized spacial score (nSPS) is 17.2. The van der Waals surface area contributed by atoms with Gasteiger partial charge in [0.25, 0.3) is 0 Å². The summed E-state index contributed by atoms with van der Waals surface area (Å²) < 4.78 is 0. The third kappa shape index (κ3) is 3.89. The fourth-order valence-corrected chi connectivity index (χ4v) is 3.02. The highest BCUT2D eigenvalue weighted by atomic mass is 35.5. The van der Waals surface area contributed by atoms with Gasteiger partial charge in [-0.1, -0.05) is 53.5 Å². The van der Waals surface area contributed by atoms with Crippen molar-refractivity contribution < 1.29 is 9.59 Å². The first-order valence-electron chi connectivity index (χ1n) is 7.60. The number of hydrogen-bond acceptors (Lipinski definition) is 2. The van der Waals surface area contributed by atoms with E-state index in [1.54, 1.807) is 23.1 Å². The molecule has 1 N–H and O–H groups in total. The summed E-state index contributed by atoms with van der Waals surface area (Å²) >= 11 is 11.8. The molecule has 0 radical (unpaired) electrons. The van der Waals surface area contributed by atoms with Gasteiger partial charge in [-0.25, -0.2) is 0 Å². The zero-order chi connectivity index (χ0) is 17.1. The number of amides is 2.